The Morgan fingerprint density at radius 3 is 1.79 bits per heavy atom. The van der Waals surface area contributed by atoms with Crippen LogP contribution in [0.1, 0.15) is 18.1 Å². The predicted molar refractivity (Wildman–Crippen MR) is 126 cm³/mol. The van der Waals surface area contributed by atoms with E-state index in [0.29, 0.717) is 0 Å². The van der Waals surface area contributed by atoms with E-state index in [1.165, 1.54) is 33.4 Å². The summed E-state index contributed by atoms with van der Waals surface area (Å²) in [5, 5.41) is 3.50. The highest BCUT2D eigenvalue weighted by Gasteiger charge is 2.06. The van der Waals surface area contributed by atoms with E-state index in [9.17, 15) is 0 Å². The molecule has 0 aliphatic carbocycles. The van der Waals surface area contributed by atoms with Crippen molar-refractivity contribution in [3.63, 3.8) is 0 Å². The molecule has 0 radical (unpaired) electrons. The van der Waals surface area contributed by atoms with Gasteiger partial charge in [0.15, 0.2) is 0 Å². The summed E-state index contributed by atoms with van der Waals surface area (Å²) < 4.78 is 0. The normalized spacial score (nSPS) is 11.0. The zero-order valence-corrected chi connectivity index (χ0v) is 16.9. The fraction of sp³-hybridized carbons (Fsp3) is 0.0714. The molecular formula is C28H25N. The Bertz CT molecular complexity index is 1110. The molecule has 142 valence electrons. The fourth-order valence-corrected chi connectivity index (χ4v) is 3.60. The summed E-state index contributed by atoms with van der Waals surface area (Å²) in [5.74, 6) is 0. The van der Waals surface area contributed by atoms with Gasteiger partial charge < -0.3 is 5.32 Å². The van der Waals surface area contributed by atoms with Crippen molar-refractivity contribution in [3.05, 3.63) is 114 Å². The Hall–Kier alpha value is -3.58. The Labute approximate surface area is 173 Å². The van der Waals surface area contributed by atoms with E-state index in [4.69, 9.17) is 0 Å². The number of anilines is 2. The molecule has 1 heteroatoms. The van der Waals surface area contributed by atoms with Crippen molar-refractivity contribution in [2.24, 2.45) is 0 Å². The van der Waals surface area contributed by atoms with Gasteiger partial charge in [-0.15, -0.1) is 0 Å². The lowest BCUT2D eigenvalue weighted by molar-refractivity contribution is 1.43. The van der Waals surface area contributed by atoms with Crippen LogP contribution in [0.4, 0.5) is 11.4 Å². The third-order valence-corrected chi connectivity index (χ3v) is 5.13. The first-order valence-corrected chi connectivity index (χ1v) is 10.00. The highest BCUT2D eigenvalue weighted by Crippen LogP contribution is 2.29. The summed E-state index contributed by atoms with van der Waals surface area (Å²) in [6, 6.07) is 34.1. The third kappa shape index (κ3) is 4.30. The minimum absolute atomic E-state index is 1.08. The van der Waals surface area contributed by atoms with Gasteiger partial charge in [0.2, 0.25) is 0 Å². The first-order chi connectivity index (χ1) is 14.2. The minimum Gasteiger partial charge on any atom is -0.356 e. The van der Waals surface area contributed by atoms with Crippen molar-refractivity contribution < 1.29 is 0 Å². The molecular weight excluding hydrogens is 350 g/mol. The van der Waals surface area contributed by atoms with E-state index < -0.39 is 0 Å². The summed E-state index contributed by atoms with van der Waals surface area (Å²) in [7, 11) is 0. The summed E-state index contributed by atoms with van der Waals surface area (Å²) in [5.41, 5.74) is 9.70. The highest BCUT2D eigenvalue weighted by molar-refractivity contribution is 5.78. The molecule has 4 aromatic rings. The Balaban J connectivity index is 1.53. The lowest BCUT2D eigenvalue weighted by Crippen LogP contribution is -1.91. The maximum absolute atomic E-state index is 3.50. The third-order valence-electron chi connectivity index (χ3n) is 5.13. The molecule has 0 atom stereocenters. The Kier molecular flexibility index (Phi) is 5.58. The van der Waals surface area contributed by atoms with Gasteiger partial charge in [0, 0.05) is 11.4 Å². The van der Waals surface area contributed by atoms with Crippen molar-refractivity contribution in [3.8, 4) is 22.3 Å². The maximum Gasteiger partial charge on any atom is 0.0384 e. The second-order valence-electron chi connectivity index (χ2n) is 7.18. The molecule has 0 heterocycles. The molecule has 0 aliphatic rings. The molecule has 0 fully saturated rings. The molecule has 4 aromatic carbocycles. The SMILES string of the molecule is C/C=C\c1c(C)cccc1-c1ccc(Nc2ccc(-c3ccccc3)cc2)cc1. The highest BCUT2D eigenvalue weighted by atomic mass is 14.9. The first kappa shape index (κ1) is 18.8. The number of aryl methyl sites for hydroxylation is 1. The van der Waals surface area contributed by atoms with Gasteiger partial charge in [-0.25, -0.2) is 0 Å². The zero-order valence-electron chi connectivity index (χ0n) is 16.9. The number of benzene rings is 4. The lowest BCUT2D eigenvalue weighted by atomic mass is 9.95. The van der Waals surface area contributed by atoms with Crippen molar-refractivity contribution in [2.75, 3.05) is 5.32 Å². The van der Waals surface area contributed by atoms with Crippen LogP contribution in [0.5, 0.6) is 0 Å². The molecule has 0 aliphatic heterocycles. The Morgan fingerprint density at radius 1 is 0.586 bits per heavy atom. The second-order valence-corrected chi connectivity index (χ2v) is 7.18. The average Bonchev–Trinajstić information content (AvgIpc) is 2.77. The van der Waals surface area contributed by atoms with Gasteiger partial charge in [-0.05, 0) is 71.5 Å². The molecule has 4 rings (SSSR count). The van der Waals surface area contributed by atoms with Crippen molar-refractivity contribution in [1.29, 1.82) is 0 Å². The fourth-order valence-electron chi connectivity index (χ4n) is 3.60. The molecule has 0 spiro atoms. The maximum atomic E-state index is 3.50. The number of nitrogens with one attached hydrogen (secondary N) is 1. The van der Waals surface area contributed by atoms with Crippen molar-refractivity contribution >= 4 is 17.5 Å². The molecule has 1 N–H and O–H groups in total. The van der Waals surface area contributed by atoms with Crippen LogP contribution in [0.3, 0.4) is 0 Å². The predicted octanol–water partition coefficient (Wildman–Crippen LogP) is 8.11. The molecule has 0 unspecified atom stereocenters. The van der Waals surface area contributed by atoms with Crippen LogP contribution < -0.4 is 5.32 Å². The van der Waals surface area contributed by atoms with Crippen LogP contribution in [0.2, 0.25) is 0 Å². The zero-order chi connectivity index (χ0) is 20.1. The number of rotatable bonds is 5. The lowest BCUT2D eigenvalue weighted by Gasteiger charge is -2.12. The first-order valence-electron chi connectivity index (χ1n) is 10.00. The molecule has 0 saturated heterocycles. The van der Waals surface area contributed by atoms with Crippen LogP contribution >= 0.6 is 0 Å². The topological polar surface area (TPSA) is 12.0 Å². The Morgan fingerprint density at radius 2 is 1.17 bits per heavy atom. The van der Waals surface area contributed by atoms with E-state index in [-0.39, 0.29) is 0 Å². The van der Waals surface area contributed by atoms with Gasteiger partial charge in [-0.1, -0.05) is 84.9 Å². The molecule has 0 aromatic heterocycles. The largest absolute Gasteiger partial charge is 0.356 e. The van der Waals surface area contributed by atoms with Gasteiger partial charge in [0.1, 0.15) is 0 Å². The van der Waals surface area contributed by atoms with Crippen LogP contribution in [0, 0.1) is 6.92 Å². The van der Waals surface area contributed by atoms with Crippen molar-refractivity contribution in [1.82, 2.24) is 0 Å². The van der Waals surface area contributed by atoms with Crippen LogP contribution in [-0.2, 0) is 0 Å². The van der Waals surface area contributed by atoms with E-state index in [1.807, 2.05) is 6.07 Å². The van der Waals surface area contributed by atoms with Gasteiger partial charge in [-0.2, -0.15) is 0 Å². The smallest absolute Gasteiger partial charge is 0.0384 e. The molecule has 1 nitrogen and oxygen atoms in total. The molecule has 0 bridgehead atoms. The number of hydrogen-bond donors (Lipinski definition) is 1. The molecule has 29 heavy (non-hydrogen) atoms. The van der Waals surface area contributed by atoms with Gasteiger partial charge in [0.05, 0.1) is 0 Å². The summed E-state index contributed by atoms with van der Waals surface area (Å²) in [6.45, 7) is 4.22. The van der Waals surface area contributed by atoms with Crippen LogP contribution in [0.25, 0.3) is 28.3 Å². The van der Waals surface area contributed by atoms with E-state index in [0.717, 1.165) is 11.4 Å². The average molecular weight is 376 g/mol. The quantitative estimate of drug-likeness (QED) is 0.371. The van der Waals surface area contributed by atoms with Crippen LogP contribution in [-0.4, -0.2) is 0 Å². The van der Waals surface area contributed by atoms with Gasteiger partial charge in [0.25, 0.3) is 0 Å². The van der Waals surface area contributed by atoms with Gasteiger partial charge >= 0.3 is 0 Å². The second kappa shape index (κ2) is 8.62. The standard InChI is InChI=1S/C28H25N/c1-3-8-27-21(2)9-7-12-28(27)24-15-19-26(20-16-24)29-25-17-13-23(14-18-25)22-10-5-4-6-11-22/h3-20,29H,1-2H3/b8-3-. The van der Waals surface area contributed by atoms with E-state index >= 15 is 0 Å². The van der Waals surface area contributed by atoms with E-state index in [2.05, 4.69) is 122 Å². The summed E-state index contributed by atoms with van der Waals surface area (Å²) in [6.07, 6.45) is 4.28. The van der Waals surface area contributed by atoms with Crippen molar-refractivity contribution in [2.45, 2.75) is 13.8 Å². The summed E-state index contributed by atoms with van der Waals surface area (Å²) in [4.78, 5) is 0. The molecule has 0 amide bonds. The number of allylic oxidation sites excluding steroid dienone is 1. The minimum atomic E-state index is 1.08. The number of hydrogen-bond acceptors (Lipinski definition) is 1. The van der Waals surface area contributed by atoms with Crippen LogP contribution in [0.15, 0.2) is 103 Å². The summed E-state index contributed by atoms with van der Waals surface area (Å²) >= 11 is 0. The molecule has 0 saturated carbocycles. The van der Waals surface area contributed by atoms with Gasteiger partial charge in [-0.3, -0.25) is 0 Å². The monoisotopic (exact) mass is 375 g/mol. The van der Waals surface area contributed by atoms with E-state index in [1.54, 1.807) is 0 Å².